The first-order valence-corrected chi connectivity index (χ1v) is 5.31. The van der Waals surface area contributed by atoms with E-state index in [1.165, 1.54) is 0 Å². The Balaban J connectivity index is 2.20. The molecule has 86 valence electrons. The second kappa shape index (κ2) is 4.44. The van der Waals surface area contributed by atoms with E-state index in [1.807, 2.05) is 0 Å². The molecule has 0 aliphatic carbocycles. The molecule has 0 fully saturated rings. The fraction of sp³-hybridized carbons (Fsp3) is 0.500. The molecule has 0 amide bonds. The van der Waals surface area contributed by atoms with Crippen LogP contribution < -0.4 is 5.73 Å². The number of nitrogens with one attached hydrogen (secondary N) is 1. The number of aromatic nitrogens is 4. The lowest BCUT2D eigenvalue weighted by Crippen LogP contribution is -2.18. The zero-order chi connectivity index (χ0) is 11.5. The van der Waals surface area contributed by atoms with Crippen molar-refractivity contribution in [2.45, 2.75) is 26.3 Å². The van der Waals surface area contributed by atoms with Crippen LogP contribution in [0.5, 0.6) is 0 Å². The molecule has 0 spiro atoms. The number of rotatable bonds is 4. The average molecular weight is 221 g/mol. The van der Waals surface area contributed by atoms with Gasteiger partial charge in [-0.05, 0) is 5.92 Å². The van der Waals surface area contributed by atoms with E-state index in [-0.39, 0.29) is 6.04 Å². The number of hydrogen-bond acceptors (Lipinski definition) is 5. The molecule has 16 heavy (non-hydrogen) atoms. The van der Waals surface area contributed by atoms with Crippen LogP contribution in [0.1, 0.15) is 32.2 Å². The van der Waals surface area contributed by atoms with Crippen molar-refractivity contribution >= 4 is 0 Å². The van der Waals surface area contributed by atoms with E-state index in [0.717, 1.165) is 6.42 Å². The van der Waals surface area contributed by atoms with E-state index in [1.54, 1.807) is 12.4 Å². The molecule has 0 saturated carbocycles. The van der Waals surface area contributed by atoms with Crippen LogP contribution in [0.2, 0.25) is 0 Å². The van der Waals surface area contributed by atoms with Gasteiger partial charge in [0, 0.05) is 12.4 Å². The highest BCUT2D eigenvalue weighted by atomic mass is 16.5. The Bertz CT molecular complexity index is 436. The molecule has 2 rings (SSSR count). The topological polar surface area (TPSA) is 93.6 Å². The minimum atomic E-state index is -0.221. The molecule has 0 aliphatic heterocycles. The first-order valence-electron chi connectivity index (χ1n) is 5.31. The van der Waals surface area contributed by atoms with Crippen LogP contribution >= 0.6 is 0 Å². The third-order valence-electron chi connectivity index (χ3n) is 2.69. The van der Waals surface area contributed by atoms with Gasteiger partial charge in [0.2, 0.25) is 11.7 Å². The normalized spacial score (nSPS) is 14.9. The number of aromatic amines is 1. The second-order valence-corrected chi connectivity index (χ2v) is 3.81. The number of nitrogens with zero attached hydrogens (tertiary/aromatic N) is 3. The van der Waals surface area contributed by atoms with Gasteiger partial charge in [-0.25, -0.2) is 4.98 Å². The Hall–Kier alpha value is -1.69. The van der Waals surface area contributed by atoms with Gasteiger partial charge in [0.05, 0.1) is 6.04 Å². The maximum atomic E-state index is 5.99. The summed E-state index contributed by atoms with van der Waals surface area (Å²) in [7, 11) is 0. The second-order valence-electron chi connectivity index (χ2n) is 3.81. The van der Waals surface area contributed by atoms with Crippen molar-refractivity contribution in [2.24, 2.45) is 11.7 Å². The Kier molecular flexibility index (Phi) is 3.00. The molecule has 3 N–H and O–H groups in total. The Morgan fingerprint density at radius 2 is 2.38 bits per heavy atom. The number of imidazole rings is 1. The number of hydrogen-bond donors (Lipinski definition) is 2. The first kappa shape index (κ1) is 10.8. The predicted octanol–water partition coefficient (Wildman–Crippen LogP) is 1.51. The standard InChI is InChI=1S/C10H15N5O/c1-3-6(2)7(11)10-14-9(15-16-10)8-12-4-5-13-8/h4-7H,3,11H2,1-2H3,(H,12,13). The first-order chi connectivity index (χ1) is 7.72. The summed E-state index contributed by atoms with van der Waals surface area (Å²) in [5.41, 5.74) is 5.99. The van der Waals surface area contributed by atoms with Crippen molar-refractivity contribution in [3.05, 3.63) is 18.3 Å². The largest absolute Gasteiger partial charge is 0.342 e. The van der Waals surface area contributed by atoms with Crippen LogP contribution in [0.3, 0.4) is 0 Å². The van der Waals surface area contributed by atoms with Crippen molar-refractivity contribution in [1.29, 1.82) is 0 Å². The van der Waals surface area contributed by atoms with Crippen molar-refractivity contribution in [3.8, 4) is 11.6 Å². The van der Waals surface area contributed by atoms with Crippen molar-refractivity contribution in [2.75, 3.05) is 0 Å². The van der Waals surface area contributed by atoms with Crippen molar-refractivity contribution in [3.63, 3.8) is 0 Å². The molecule has 6 heteroatoms. The molecular formula is C10H15N5O. The van der Waals surface area contributed by atoms with E-state index in [4.69, 9.17) is 10.3 Å². The Morgan fingerprint density at radius 1 is 1.56 bits per heavy atom. The molecule has 0 radical (unpaired) electrons. The van der Waals surface area contributed by atoms with Crippen LogP contribution in [-0.4, -0.2) is 20.1 Å². The summed E-state index contributed by atoms with van der Waals surface area (Å²) < 4.78 is 5.13. The van der Waals surface area contributed by atoms with Gasteiger partial charge < -0.3 is 15.2 Å². The van der Waals surface area contributed by atoms with Crippen molar-refractivity contribution < 1.29 is 4.52 Å². The number of nitrogens with two attached hydrogens (primary N) is 1. The monoisotopic (exact) mass is 221 g/mol. The summed E-state index contributed by atoms with van der Waals surface area (Å²) in [5.74, 6) is 1.80. The molecule has 2 aromatic heterocycles. The van der Waals surface area contributed by atoms with Gasteiger partial charge in [0.15, 0.2) is 5.82 Å². The Morgan fingerprint density at radius 3 is 3.00 bits per heavy atom. The van der Waals surface area contributed by atoms with E-state index < -0.39 is 0 Å². The molecule has 0 saturated heterocycles. The Labute approximate surface area is 93.3 Å². The predicted molar refractivity (Wildman–Crippen MR) is 58.3 cm³/mol. The van der Waals surface area contributed by atoms with E-state index in [2.05, 4.69) is 34.0 Å². The summed E-state index contributed by atoms with van der Waals surface area (Å²) >= 11 is 0. The van der Waals surface area contributed by atoms with E-state index >= 15 is 0 Å². The third kappa shape index (κ3) is 1.96. The highest BCUT2D eigenvalue weighted by molar-refractivity contribution is 5.40. The molecule has 2 unspecified atom stereocenters. The summed E-state index contributed by atoms with van der Waals surface area (Å²) in [5, 5.41) is 3.84. The minimum absolute atomic E-state index is 0.221. The van der Waals surface area contributed by atoms with Gasteiger partial charge >= 0.3 is 0 Å². The quantitative estimate of drug-likeness (QED) is 0.816. The van der Waals surface area contributed by atoms with Gasteiger partial charge in [0.25, 0.3) is 0 Å². The van der Waals surface area contributed by atoms with Gasteiger partial charge in [-0.15, -0.1) is 0 Å². The van der Waals surface area contributed by atoms with E-state index in [9.17, 15) is 0 Å². The fourth-order valence-electron chi connectivity index (χ4n) is 1.35. The fourth-order valence-corrected chi connectivity index (χ4v) is 1.35. The maximum absolute atomic E-state index is 5.99. The van der Waals surface area contributed by atoms with Crippen LogP contribution in [0.4, 0.5) is 0 Å². The molecule has 0 bridgehead atoms. The van der Waals surface area contributed by atoms with Crippen LogP contribution in [-0.2, 0) is 0 Å². The van der Waals surface area contributed by atoms with Crippen LogP contribution in [0.25, 0.3) is 11.6 Å². The minimum Gasteiger partial charge on any atom is -0.342 e. The zero-order valence-electron chi connectivity index (χ0n) is 9.34. The zero-order valence-corrected chi connectivity index (χ0v) is 9.34. The van der Waals surface area contributed by atoms with Gasteiger partial charge in [0.1, 0.15) is 0 Å². The van der Waals surface area contributed by atoms with Crippen molar-refractivity contribution in [1.82, 2.24) is 20.1 Å². The molecule has 6 nitrogen and oxygen atoms in total. The van der Waals surface area contributed by atoms with Gasteiger partial charge in [-0.3, -0.25) is 0 Å². The molecule has 0 aliphatic rings. The smallest absolute Gasteiger partial charge is 0.244 e. The highest BCUT2D eigenvalue weighted by Crippen LogP contribution is 2.21. The highest BCUT2D eigenvalue weighted by Gasteiger charge is 2.20. The number of H-pyrrole nitrogens is 1. The van der Waals surface area contributed by atoms with Crippen LogP contribution in [0, 0.1) is 5.92 Å². The van der Waals surface area contributed by atoms with Gasteiger partial charge in [-0.1, -0.05) is 25.4 Å². The SMILES string of the molecule is CCC(C)C(N)c1nc(-c2ncc[nH]2)no1. The maximum Gasteiger partial charge on any atom is 0.244 e. The van der Waals surface area contributed by atoms with E-state index in [0.29, 0.717) is 23.5 Å². The third-order valence-corrected chi connectivity index (χ3v) is 2.69. The summed E-state index contributed by atoms with van der Waals surface area (Å²) in [4.78, 5) is 11.2. The van der Waals surface area contributed by atoms with Gasteiger partial charge in [-0.2, -0.15) is 4.98 Å². The lowest BCUT2D eigenvalue weighted by Gasteiger charge is -2.12. The average Bonchev–Trinajstić information content (AvgIpc) is 2.96. The van der Waals surface area contributed by atoms with Crippen LogP contribution in [0.15, 0.2) is 16.9 Å². The lowest BCUT2D eigenvalue weighted by atomic mass is 10.0. The molecular weight excluding hydrogens is 206 g/mol. The molecule has 2 aromatic rings. The molecule has 2 atom stereocenters. The molecule has 2 heterocycles. The summed E-state index contributed by atoms with van der Waals surface area (Å²) in [6.07, 6.45) is 4.32. The lowest BCUT2D eigenvalue weighted by molar-refractivity contribution is 0.312. The summed E-state index contributed by atoms with van der Waals surface area (Å²) in [6.45, 7) is 4.13. The molecule has 0 aromatic carbocycles. The summed E-state index contributed by atoms with van der Waals surface area (Å²) in [6, 6.07) is -0.221.